The summed E-state index contributed by atoms with van der Waals surface area (Å²) in [6.07, 6.45) is 0. The summed E-state index contributed by atoms with van der Waals surface area (Å²) >= 11 is 0. The molecule has 0 aliphatic heterocycles. The van der Waals surface area contributed by atoms with Gasteiger partial charge < -0.3 is 10.5 Å². The van der Waals surface area contributed by atoms with Gasteiger partial charge in [-0.1, -0.05) is 26.0 Å². The van der Waals surface area contributed by atoms with Crippen molar-refractivity contribution in [3.05, 3.63) is 53.6 Å². The monoisotopic (exact) mass is 263 g/mol. The van der Waals surface area contributed by atoms with Crippen molar-refractivity contribution in [2.45, 2.75) is 19.8 Å². The predicted molar refractivity (Wildman–Crippen MR) is 71.4 cm³/mol. The highest BCUT2D eigenvalue weighted by Crippen LogP contribution is 2.32. The Morgan fingerprint density at radius 3 is 2.53 bits per heavy atom. The van der Waals surface area contributed by atoms with E-state index in [4.69, 9.17) is 10.5 Å². The zero-order valence-electron chi connectivity index (χ0n) is 10.8. The maximum absolute atomic E-state index is 13.6. The van der Waals surface area contributed by atoms with Crippen molar-refractivity contribution in [2.75, 3.05) is 5.73 Å². The first-order valence-corrected chi connectivity index (χ1v) is 6.00. The van der Waals surface area contributed by atoms with Gasteiger partial charge in [0.15, 0.2) is 11.6 Å². The lowest BCUT2D eigenvalue weighted by Gasteiger charge is -2.12. The van der Waals surface area contributed by atoms with E-state index in [1.807, 2.05) is 19.9 Å². The highest BCUT2D eigenvalue weighted by Gasteiger charge is 2.14. The molecular formula is C15H15F2NO. The van der Waals surface area contributed by atoms with Crippen LogP contribution in [0.1, 0.15) is 25.3 Å². The number of ether oxygens (including phenoxy) is 1. The molecule has 0 saturated carbocycles. The van der Waals surface area contributed by atoms with Crippen LogP contribution in [-0.4, -0.2) is 0 Å². The Morgan fingerprint density at radius 1 is 1.11 bits per heavy atom. The molecule has 2 N–H and O–H groups in total. The van der Waals surface area contributed by atoms with Gasteiger partial charge in [0.2, 0.25) is 5.82 Å². The van der Waals surface area contributed by atoms with Crippen LogP contribution in [0.4, 0.5) is 14.5 Å². The topological polar surface area (TPSA) is 35.2 Å². The Hall–Kier alpha value is -2.10. The fraction of sp³-hybridized carbons (Fsp3) is 0.200. The fourth-order valence-electron chi connectivity index (χ4n) is 1.71. The van der Waals surface area contributed by atoms with E-state index in [9.17, 15) is 8.78 Å². The number of benzene rings is 2. The van der Waals surface area contributed by atoms with Crippen LogP contribution in [0.15, 0.2) is 36.4 Å². The second kappa shape index (κ2) is 5.26. The van der Waals surface area contributed by atoms with E-state index in [2.05, 4.69) is 0 Å². The third-order valence-electron chi connectivity index (χ3n) is 2.83. The van der Waals surface area contributed by atoms with Gasteiger partial charge in [-0.3, -0.25) is 0 Å². The lowest BCUT2D eigenvalue weighted by atomic mass is 10.0. The van der Waals surface area contributed by atoms with Crippen molar-refractivity contribution in [3.63, 3.8) is 0 Å². The summed E-state index contributed by atoms with van der Waals surface area (Å²) in [6, 6.07) is 9.47. The van der Waals surface area contributed by atoms with E-state index in [0.29, 0.717) is 11.7 Å². The molecule has 0 unspecified atom stereocenters. The van der Waals surface area contributed by atoms with Crippen molar-refractivity contribution in [3.8, 4) is 11.5 Å². The first kappa shape index (κ1) is 13.3. The highest BCUT2D eigenvalue weighted by atomic mass is 19.2. The van der Waals surface area contributed by atoms with Gasteiger partial charge in [-0.15, -0.1) is 0 Å². The lowest BCUT2D eigenvalue weighted by Crippen LogP contribution is -1.98. The molecule has 0 radical (unpaired) electrons. The molecule has 19 heavy (non-hydrogen) atoms. The van der Waals surface area contributed by atoms with Crippen LogP contribution >= 0.6 is 0 Å². The summed E-state index contributed by atoms with van der Waals surface area (Å²) in [5.41, 5.74) is 6.72. The fourth-order valence-corrected chi connectivity index (χ4v) is 1.71. The quantitative estimate of drug-likeness (QED) is 0.829. The summed E-state index contributed by atoms with van der Waals surface area (Å²) in [5, 5.41) is 0. The van der Waals surface area contributed by atoms with Crippen LogP contribution < -0.4 is 10.5 Å². The van der Waals surface area contributed by atoms with Crippen molar-refractivity contribution in [2.24, 2.45) is 0 Å². The van der Waals surface area contributed by atoms with E-state index in [1.165, 1.54) is 6.07 Å². The van der Waals surface area contributed by atoms with Gasteiger partial charge in [-0.25, -0.2) is 4.39 Å². The Balaban J connectivity index is 2.36. The minimum atomic E-state index is -1.07. The van der Waals surface area contributed by atoms with E-state index < -0.39 is 11.6 Å². The zero-order valence-corrected chi connectivity index (χ0v) is 10.8. The number of hydrogen-bond acceptors (Lipinski definition) is 2. The summed E-state index contributed by atoms with van der Waals surface area (Å²) in [6.45, 7) is 4.08. The molecule has 0 fully saturated rings. The molecule has 2 nitrogen and oxygen atoms in total. The number of anilines is 1. The van der Waals surface area contributed by atoms with Crippen molar-refractivity contribution in [1.82, 2.24) is 0 Å². The van der Waals surface area contributed by atoms with E-state index in [0.717, 1.165) is 11.6 Å². The minimum absolute atomic E-state index is 0.0638. The predicted octanol–water partition coefficient (Wildman–Crippen LogP) is 4.46. The van der Waals surface area contributed by atoms with Crippen LogP contribution in [0.3, 0.4) is 0 Å². The second-order valence-corrected chi connectivity index (χ2v) is 4.61. The van der Waals surface area contributed by atoms with Gasteiger partial charge in [-0.05, 0) is 35.7 Å². The largest absolute Gasteiger partial charge is 0.452 e. The van der Waals surface area contributed by atoms with Gasteiger partial charge in [0, 0.05) is 0 Å². The first-order valence-electron chi connectivity index (χ1n) is 6.00. The van der Waals surface area contributed by atoms with Crippen LogP contribution in [0.5, 0.6) is 11.5 Å². The summed E-state index contributed by atoms with van der Waals surface area (Å²) in [5.74, 6) is -1.58. The third-order valence-corrected chi connectivity index (χ3v) is 2.83. The van der Waals surface area contributed by atoms with Gasteiger partial charge >= 0.3 is 0 Å². The van der Waals surface area contributed by atoms with Crippen molar-refractivity contribution < 1.29 is 13.5 Å². The van der Waals surface area contributed by atoms with E-state index in [1.54, 1.807) is 18.2 Å². The van der Waals surface area contributed by atoms with Crippen LogP contribution in [0, 0.1) is 11.6 Å². The van der Waals surface area contributed by atoms with E-state index in [-0.39, 0.29) is 11.4 Å². The maximum atomic E-state index is 13.6. The summed E-state index contributed by atoms with van der Waals surface area (Å²) in [7, 11) is 0. The van der Waals surface area contributed by atoms with Gasteiger partial charge in [0.1, 0.15) is 5.75 Å². The lowest BCUT2D eigenvalue weighted by molar-refractivity contribution is 0.418. The van der Waals surface area contributed by atoms with Crippen LogP contribution in [0.25, 0.3) is 0 Å². The molecule has 0 bridgehead atoms. The number of nitrogen functional groups attached to an aromatic ring is 1. The SMILES string of the molecule is CC(C)c1cccc(Oc2c(N)ccc(F)c2F)c1. The van der Waals surface area contributed by atoms with Crippen LogP contribution in [0.2, 0.25) is 0 Å². The molecule has 0 atom stereocenters. The molecule has 2 aromatic carbocycles. The zero-order chi connectivity index (χ0) is 14.0. The Labute approximate surface area is 110 Å². The smallest absolute Gasteiger partial charge is 0.203 e. The number of hydrogen-bond donors (Lipinski definition) is 1. The molecular weight excluding hydrogens is 248 g/mol. The third kappa shape index (κ3) is 2.84. The summed E-state index contributed by atoms with van der Waals surface area (Å²) in [4.78, 5) is 0. The number of nitrogens with two attached hydrogens (primary N) is 1. The molecule has 0 saturated heterocycles. The average molecular weight is 263 g/mol. The molecule has 4 heteroatoms. The van der Waals surface area contributed by atoms with Crippen molar-refractivity contribution in [1.29, 1.82) is 0 Å². The average Bonchev–Trinajstić information content (AvgIpc) is 2.39. The van der Waals surface area contributed by atoms with Crippen LogP contribution in [-0.2, 0) is 0 Å². The molecule has 0 aliphatic rings. The molecule has 2 rings (SSSR count). The molecule has 0 aromatic heterocycles. The molecule has 0 aliphatic carbocycles. The maximum Gasteiger partial charge on any atom is 0.203 e. The summed E-state index contributed by atoms with van der Waals surface area (Å²) < 4.78 is 32.2. The Bertz CT molecular complexity index is 597. The molecule has 100 valence electrons. The number of rotatable bonds is 3. The molecule has 2 aromatic rings. The minimum Gasteiger partial charge on any atom is -0.452 e. The van der Waals surface area contributed by atoms with Gasteiger partial charge in [-0.2, -0.15) is 4.39 Å². The van der Waals surface area contributed by atoms with Gasteiger partial charge in [0.05, 0.1) is 5.69 Å². The second-order valence-electron chi connectivity index (χ2n) is 4.61. The Morgan fingerprint density at radius 2 is 1.84 bits per heavy atom. The first-order chi connectivity index (χ1) is 8.99. The highest BCUT2D eigenvalue weighted by molar-refractivity contribution is 5.55. The standard InChI is InChI=1S/C15H15F2NO/c1-9(2)10-4-3-5-11(8-10)19-15-13(18)7-6-12(16)14(15)17/h3-9H,18H2,1-2H3. The van der Waals surface area contributed by atoms with Gasteiger partial charge in [0.25, 0.3) is 0 Å². The molecule has 0 heterocycles. The number of halogens is 2. The molecule has 0 amide bonds. The van der Waals surface area contributed by atoms with Crippen molar-refractivity contribution >= 4 is 5.69 Å². The van der Waals surface area contributed by atoms with E-state index >= 15 is 0 Å². The molecule has 0 spiro atoms. The normalized spacial score (nSPS) is 10.8. The Kier molecular flexibility index (Phi) is 3.69.